The number of pyridine rings is 1. The van der Waals surface area contributed by atoms with Gasteiger partial charge in [-0.05, 0) is 61.1 Å². The Morgan fingerprint density at radius 1 is 1.30 bits per heavy atom. The number of aliphatic hydroxyl groups is 1. The van der Waals surface area contributed by atoms with Crippen LogP contribution in [-0.4, -0.2) is 54.3 Å². The third-order valence-corrected chi connectivity index (χ3v) is 6.42. The topological polar surface area (TPSA) is 71.9 Å². The number of allylic oxidation sites excluding steroid dienone is 2. The molecule has 4 heterocycles. The van der Waals surface area contributed by atoms with Crippen LogP contribution in [0.15, 0.2) is 54.8 Å². The normalized spacial score (nSPS) is 27.0. The molecule has 0 aliphatic carbocycles. The molecule has 2 aromatic rings. The summed E-state index contributed by atoms with van der Waals surface area (Å²) in [6, 6.07) is 7.79. The van der Waals surface area contributed by atoms with Crippen molar-refractivity contribution in [2.24, 2.45) is 11.8 Å². The predicted molar refractivity (Wildman–Crippen MR) is 115 cm³/mol. The van der Waals surface area contributed by atoms with Gasteiger partial charge < -0.3 is 14.6 Å². The largest absolute Gasteiger partial charge is 0.497 e. The van der Waals surface area contributed by atoms with Crippen molar-refractivity contribution in [3.63, 3.8) is 0 Å². The van der Waals surface area contributed by atoms with Crippen LogP contribution in [0, 0.1) is 11.8 Å². The monoisotopic (exact) mass is 408 g/mol. The molecule has 5 atom stereocenters. The van der Waals surface area contributed by atoms with Crippen LogP contribution in [0.25, 0.3) is 10.9 Å². The van der Waals surface area contributed by atoms with E-state index in [1.807, 2.05) is 30.3 Å². The number of ether oxygens (including phenoxy) is 2. The molecule has 30 heavy (non-hydrogen) atoms. The summed E-state index contributed by atoms with van der Waals surface area (Å²) in [6.45, 7) is 1.92. The van der Waals surface area contributed by atoms with E-state index in [2.05, 4.69) is 20.7 Å². The first-order valence-corrected chi connectivity index (χ1v) is 10.4. The number of piperidine rings is 3. The average Bonchev–Trinajstić information content (AvgIpc) is 2.80. The number of aliphatic hydroxyl groups excluding tert-OH is 1. The van der Waals surface area contributed by atoms with E-state index < -0.39 is 6.10 Å². The Labute approximate surface area is 176 Å². The average molecular weight is 408 g/mol. The minimum Gasteiger partial charge on any atom is -0.497 e. The lowest BCUT2D eigenvalue weighted by atomic mass is 9.73. The molecule has 3 aliphatic heterocycles. The zero-order valence-electron chi connectivity index (χ0n) is 17.4. The Balaban J connectivity index is 1.50. The molecule has 0 radical (unpaired) electrons. The van der Waals surface area contributed by atoms with Crippen molar-refractivity contribution in [3.05, 3.63) is 60.3 Å². The number of hydrogen-bond acceptors (Lipinski definition) is 6. The van der Waals surface area contributed by atoms with Crippen molar-refractivity contribution in [1.29, 1.82) is 0 Å². The van der Waals surface area contributed by atoms with Gasteiger partial charge in [0.15, 0.2) is 0 Å². The van der Waals surface area contributed by atoms with Crippen molar-refractivity contribution in [2.75, 3.05) is 27.3 Å². The van der Waals surface area contributed by atoms with Crippen molar-refractivity contribution in [3.8, 4) is 5.75 Å². The molecule has 3 fully saturated rings. The van der Waals surface area contributed by atoms with Gasteiger partial charge in [0, 0.05) is 30.2 Å². The molecule has 0 spiro atoms. The van der Waals surface area contributed by atoms with Crippen LogP contribution in [-0.2, 0) is 9.53 Å². The van der Waals surface area contributed by atoms with Crippen molar-refractivity contribution < 1.29 is 19.4 Å². The van der Waals surface area contributed by atoms with Gasteiger partial charge in [-0.25, -0.2) is 4.79 Å². The first-order valence-electron chi connectivity index (χ1n) is 10.4. The quantitative estimate of drug-likeness (QED) is 0.449. The summed E-state index contributed by atoms with van der Waals surface area (Å²) in [5, 5.41) is 12.3. The third kappa shape index (κ3) is 4.11. The standard InChI is InChI=1S/C24H28N2O4/c1-29-18-7-8-21-20(14-18)19(9-11-25-21)24(28)22-13-16-10-12-26(22)15-17(16)5-3-4-6-23(27)30-2/h3-9,11,14,16-17,22,24,28H,10,12-13,15H2,1-2H3/b5-3+,6-4+/t16-,17-,22+,24-/m0/s1. The Hall–Kier alpha value is -2.70. The van der Waals surface area contributed by atoms with Gasteiger partial charge in [0.2, 0.25) is 0 Å². The maximum Gasteiger partial charge on any atom is 0.330 e. The van der Waals surface area contributed by atoms with E-state index in [4.69, 9.17) is 4.74 Å². The highest BCUT2D eigenvalue weighted by Gasteiger charge is 2.42. The molecule has 6 nitrogen and oxygen atoms in total. The molecule has 1 aromatic carbocycles. The van der Waals surface area contributed by atoms with Crippen LogP contribution in [0.3, 0.4) is 0 Å². The summed E-state index contributed by atoms with van der Waals surface area (Å²) in [5.41, 5.74) is 1.77. The number of methoxy groups -OCH3 is 2. The lowest BCUT2D eigenvalue weighted by Crippen LogP contribution is -2.54. The van der Waals surface area contributed by atoms with Gasteiger partial charge >= 0.3 is 5.97 Å². The lowest BCUT2D eigenvalue weighted by Gasteiger charge is -2.50. The second-order valence-corrected chi connectivity index (χ2v) is 8.01. The summed E-state index contributed by atoms with van der Waals surface area (Å²) in [7, 11) is 3.02. The Bertz CT molecular complexity index is 971. The van der Waals surface area contributed by atoms with Crippen molar-refractivity contribution in [2.45, 2.75) is 25.0 Å². The molecule has 1 aromatic heterocycles. The Kier molecular flexibility index (Phi) is 6.16. The molecule has 6 heteroatoms. The maximum atomic E-state index is 11.3. The van der Waals surface area contributed by atoms with E-state index in [1.54, 1.807) is 19.4 Å². The molecule has 158 valence electrons. The fraction of sp³-hybridized carbons (Fsp3) is 0.417. The minimum absolute atomic E-state index is 0.0933. The first-order chi connectivity index (χ1) is 14.6. The van der Waals surface area contributed by atoms with Crippen LogP contribution in [0.1, 0.15) is 24.5 Å². The number of benzene rings is 1. The van der Waals surface area contributed by atoms with Crippen LogP contribution < -0.4 is 4.74 Å². The minimum atomic E-state index is -0.574. The van der Waals surface area contributed by atoms with Crippen molar-refractivity contribution >= 4 is 16.9 Å². The first kappa shape index (κ1) is 20.6. The molecule has 0 saturated carbocycles. The van der Waals surface area contributed by atoms with Crippen LogP contribution in [0.4, 0.5) is 0 Å². The summed E-state index contributed by atoms with van der Waals surface area (Å²) < 4.78 is 9.98. The summed E-state index contributed by atoms with van der Waals surface area (Å²) in [4.78, 5) is 18.0. The smallest absolute Gasteiger partial charge is 0.330 e. The zero-order valence-corrected chi connectivity index (χ0v) is 17.4. The van der Waals surface area contributed by atoms with Crippen LogP contribution in [0.2, 0.25) is 0 Å². The van der Waals surface area contributed by atoms with E-state index >= 15 is 0 Å². The molecule has 0 amide bonds. The number of fused-ring (bicyclic) bond motifs is 4. The molecule has 3 aliphatic rings. The van der Waals surface area contributed by atoms with E-state index in [9.17, 15) is 9.90 Å². The Morgan fingerprint density at radius 2 is 2.17 bits per heavy atom. The highest BCUT2D eigenvalue weighted by molar-refractivity contribution is 5.84. The fourth-order valence-electron chi connectivity index (χ4n) is 4.80. The molecule has 3 saturated heterocycles. The summed E-state index contributed by atoms with van der Waals surface area (Å²) in [5.74, 6) is 1.37. The van der Waals surface area contributed by atoms with Gasteiger partial charge in [-0.2, -0.15) is 0 Å². The molecule has 1 N–H and O–H groups in total. The second-order valence-electron chi connectivity index (χ2n) is 8.01. The second kappa shape index (κ2) is 8.98. The molecular weight excluding hydrogens is 380 g/mol. The number of nitrogens with zero attached hydrogens (tertiary/aromatic N) is 2. The maximum absolute atomic E-state index is 11.3. The zero-order chi connectivity index (χ0) is 21.1. The van der Waals surface area contributed by atoms with Crippen LogP contribution in [0.5, 0.6) is 5.75 Å². The van der Waals surface area contributed by atoms with Gasteiger partial charge in [0.05, 0.1) is 25.8 Å². The number of esters is 1. The van der Waals surface area contributed by atoms with E-state index in [-0.39, 0.29) is 12.0 Å². The third-order valence-electron chi connectivity index (χ3n) is 6.42. The van der Waals surface area contributed by atoms with Gasteiger partial charge in [-0.1, -0.05) is 18.2 Å². The highest BCUT2D eigenvalue weighted by atomic mass is 16.5. The SMILES string of the molecule is COC(=O)/C=C/C=C/[C@H]1CN2CC[C@H]1C[C@@H]2[C@@H](O)c1ccnc2ccc(OC)cc12. The van der Waals surface area contributed by atoms with Crippen LogP contribution >= 0.6 is 0 Å². The molecular formula is C24H28N2O4. The number of carbonyl (C=O) groups is 1. The van der Waals surface area contributed by atoms with E-state index in [1.165, 1.54) is 13.2 Å². The van der Waals surface area contributed by atoms with Gasteiger partial charge in [0.25, 0.3) is 0 Å². The van der Waals surface area contributed by atoms with E-state index in [0.717, 1.165) is 48.1 Å². The lowest BCUT2D eigenvalue weighted by molar-refractivity contribution is -0.134. The van der Waals surface area contributed by atoms with Gasteiger partial charge in [0.1, 0.15) is 5.75 Å². The molecule has 2 bridgehead atoms. The Morgan fingerprint density at radius 3 is 2.90 bits per heavy atom. The number of carbonyl (C=O) groups excluding carboxylic acids is 1. The van der Waals surface area contributed by atoms with Gasteiger partial charge in [-0.15, -0.1) is 0 Å². The highest BCUT2D eigenvalue weighted by Crippen LogP contribution is 2.42. The number of aromatic nitrogens is 1. The van der Waals surface area contributed by atoms with E-state index in [0.29, 0.717) is 11.8 Å². The number of hydrogen-bond donors (Lipinski definition) is 1. The summed E-state index contributed by atoms with van der Waals surface area (Å²) >= 11 is 0. The van der Waals surface area contributed by atoms with Gasteiger partial charge in [-0.3, -0.25) is 9.88 Å². The van der Waals surface area contributed by atoms with Crippen molar-refractivity contribution in [1.82, 2.24) is 9.88 Å². The molecule has 5 rings (SSSR count). The summed E-state index contributed by atoms with van der Waals surface area (Å²) in [6.07, 6.45) is 10.5. The predicted octanol–water partition coefficient (Wildman–Crippen LogP) is 3.27. The molecule has 1 unspecified atom stereocenters. The fourth-order valence-corrected chi connectivity index (χ4v) is 4.80. The number of rotatable bonds is 6.